The number of fused-ring (bicyclic) bond motifs is 4. The summed E-state index contributed by atoms with van der Waals surface area (Å²) in [7, 11) is 0. The first-order valence-electron chi connectivity index (χ1n) is 30.7. The van der Waals surface area contributed by atoms with Crippen LogP contribution in [0.1, 0.15) is 48.6 Å². The van der Waals surface area contributed by atoms with Gasteiger partial charge in [0, 0.05) is 139 Å². The van der Waals surface area contributed by atoms with Gasteiger partial charge in [0.1, 0.15) is 23.3 Å². The number of aromatic nitrogens is 4. The number of hydrogen-bond acceptors (Lipinski definition) is 12. The number of hydrogen-bond donors (Lipinski definition) is 0. The van der Waals surface area contributed by atoms with Gasteiger partial charge in [-0.2, -0.15) is 115 Å². The van der Waals surface area contributed by atoms with E-state index in [0.29, 0.717) is 0 Å². The first kappa shape index (κ1) is 71.6. The third-order valence-corrected chi connectivity index (χ3v) is 16.2. The number of anilines is 16. The molecule has 7 heterocycles. The monoisotopic (exact) mass is 1970 g/mol. The maximum Gasteiger partial charge on any atom is 0.145 e. The summed E-state index contributed by atoms with van der Waals surface area (Å²) >= 11 is 0. The van der Waals surface area contributed by atoms with Gasteiger partial charge in [-0.1, -0.05) is 111 Å². The first-order chi connectivity index (χ1) is 45.0. The van der Waals surface area contributed by atoms with E-state index in [1.54, 1.807) is 12.4 Å². The van der Waals surface area contributed by atoms with E-state index >= 15 is 0 Å². The molecule has 4 radical (unpaired) electrons. The van der Waals surface area contributed by atoms with Gasteiger partial charge in [-0.25, -0.2) is 19.9 Å². The largest absolute Gasteiger partial charge is 0.493 e. The maximum atomic E-state index is 4.63. The second-order valence-corrected chi connectivity index (χ2v) is 23.4. The van der Waals surface area contributed by atoms with Crippen molar-refractivity contribution in [1.82, 2.24) is 19.9 Å². The molecule has 0 amide bonds. The molecule has 0 unspecified atom stereocenters. The molecule has 16 heteroatoms. The second kappa shape index (κ2) is 32.4. The maximum absolute atomic E-state index is 4.63. The molecule has 9 aromatic carbocycles. The van der Waals surface area contributed by atoms with Gasteiger partial charge in [-0.05, 0) is 111 Å². The number of pyridine rings is 2. The summed E-state index contributed by atoms with van der Waals surface area (Å²) in [6.07, 6.45) is 7.10. The Labute approximate surface area is 619 Å². The molecule has 4 aliphatic heterocycles. The molecule has 12 nitrogen and oxygen atoms in total. The Morgan fingerprint density at radius 3 is 1.01 bits per heavy atom. The van der Waals surface area contributed by atoms with Gasteiger partial charge in [-0.3, -0.25) is 0 Å². The van der Waals surface area contributed by atoms with E-state index in [1.807, 2.05) is 109 Å². The van der Waals surface area contributed by atoms with Crippen LogP contribution in [0.25, 0.3) is 0 Å². The number of benzene rings is 9. The topological polar surface area (TPSA) is 77.5 Å². The molecular weight excluding hydrogens is 1900 g/mol. The van der Waals surface area contributed by atoms with E-state index in [1.165, 1.54) is 44.9 Å². The Morgan fingerprint density at radius 2 is 0.573 bits per heavy atom. The van der Waals surface area contributed by atoms with Gasteiger partial charge in [0.25, 0.3) is 0 Å². The minimum atomic E-state index is 0. The predicted molar refractivity (Wildman–Crippen MR) is 376 cm³/mol. The summed E-state index contributed by atoms with van der Waals surface area (Å²) in [6, 6.07) is 93.5. The Hall–Kier alpha value is -8.64. The predicted octanol–water partition coefficient (Wildman–Crippen LogP) is 19.7. The molecule has 0 fully saturated rings. The first-order valence-corrected chi connectivity index (χ1v) is 30.7. The number of para-hydroxylation sites is 9. The van der Waals surface area contributed by atoms with Crippen molar-refractivity contribution in [3.8, 4) is 0 Å². The van der Waals surface area contributed by atoms with Crippen molar-refractivity contribution in [2.45, 2.75) is 53.9 Å². The quantitative estimate of drug-likeness (QED) is 0.136. The summed E-state index contributed by atoms with van der Waals surface area (Å²) < 4.78 is 0. The van der Waals surface area contributed by atoms with Gasteiger partial charge < -0.3 is 39.2 Å². The van der Waals surface area contributed by atoms with E-state index in [9.17, 15) is 0 Å². The van der Waals surface area contributed by atoms with Crippen molar-refractivity contribution in [2.75, 3.05) is 39.2 Å². The van der Waals surface area contributed by atoms with Crippen LogP contribution < -0.4 is 39.2 Å². The van der Waals surface area contributed by atoms with Gasteiger partial charge in [0.2, 0.25) is 0 Å². The average Bonchev–Trinajstić information content (AvgIpc) is 1.66. The van der Waals surface area contributed by atoms with Crippen LogP contribution in [0, 0.1) is 78.6 Å². The minimum Gasteiger partial charge on any atom is -0.493 e. The standard InChI is InChI=1S/C23H23N3.C20H16N2.C19H15N3.C18H14N4.4Ir/c1-17-8-5-6-9-20(17)26-16-25(22-21(26)10-7-15-24-22)19-13-11-18(12-14-19)23(2,3)4;1-16-9-5-6-12-18(16)22-15-21(17-10-3-2-4-11-17)19-13-7-8-14-20(19)22;1-15-8-5-6-11-17(15)22-14-21(16-9-3-2-4-10-16)18-12-7-13-20-19(18)22;1-14-7-5-6-10-16(14)22-13-21(15-8-3-2-4-9-15)17-18(22)20-12-11-19-17;;;;/h5-13,15-16H,1-4H3;2-10,12-15H,1H3;2-9,11-14H,1H3;2-8,10-13H,1H3;;;;/q4*-2;;;;. The molecule has 492 valence electrons. The normalized spacial score (nSPS) is 12.9. The fourth-order valence-corrected chi connectivity index (χ4v) is 11.4. The summed E-state index contributed by atoms with van der Waals surface area (Å²) in [5.74, 6) is 3.51. The third-order valence-electron chi connectivity index (χ3n) is 16.2. The molecular formula is C80H68Ir4N12-8. The van der Waals surface area contributed by atoms with E-state index in [2.05, 4.69) is 299 Å². The van der Waals surface area contributed by atoms with E-state index in [4.69, 9.17) is 0 Å². The van der Waals surface area contributed by atoms with Crippen molar-refractivity contribution in [3.63, 3.8) is 0 Å². The Bertz CT molecular complexity index is 4160. The van der Waals surface area contributed by atoms with Crippen molar-refractivity contribution in [3.05, 3.63) is 340 Å². The van der Waals surface area contributed by atoms with E-state index < -0.39 is 0 Å². The molecule has 96 heavy (non-hydrogen) atoms. The van der Waals surface area contributed by atoms with Crippen LogP contribution in [0.3, 0.4) is 0 Å². The van der Waals surface area contributed by atoms with Crippen molar-refractivity contribution in [1.29, 1.82) is 0 Å². The zero-order valence-corrected chi connectivity index (χ0v) is 63.4. The smallest absolute Gasteiger partial charge is 0.145 e. The van der Waals surface area contributed by atoms with Crippen LogP contribution in [-0.4, -0.2) is 19.9 Å². The molecule has 4 aliphatic rings. The van der Waals surface area contributed by atoms with Crippen molar-refractivity contribution in [2.24, 2.45) is 0 Å². The summed E-state index contributed by atoms with van der Waals surface area (Å²) in [4.78, 5) is 35.3. The summed E-state index contributed by atoms with van der Waals surface area (Å²) in [5.41, 5.74) is 19.4. The fraction of sp³-hybridized carbons (Fsp3) is 0.100. The molecule has 0 aliphatic carbocycles. The van der Waals surface area contributed by atoms with Crippen LogP contribution in [0.4, 0.5) is 91.5 Å². The van der Waals surface area contributed by atoms with Crippen LogP contribution in [0.2, 0.25) is 0 Å². The number of nitrogens with zero attached hydrogens (tertiary/aromatic N) is 12. The average molecular weight is 1970 g/mol. The number of rotatable bonds is 8. The minimum absolute atomic E-state index is 0. The van der Waals surface area contributed by atoms with Gasteiger partial charge in [0.15, 0.2) is 0 Å². The molecule has 0 N–H and O–H groups in total. The molecule has 3 aromatic heterocycles. The molecule has 16 rings (SSSR count). The van der Waals surface area contributed by atoms with Crippen molar-refractivity contribution < 1.29 is 80.4 Å². The molecule has 0 bridgehead atoms. The Balaban J connectivity index is 0.000000148. The fourth-order valence-electron chi connectivity index (χ4n) is 11.4. The van der Waals surface area contributed by atoms with E-state index in [-0.39, 0.29) is 85.8 Å². The SMILES string of the molecule is Cc1ccccc1N1[CH-]N(c2[c-]cc(C(C)(C)C)cc2)c2ncccc21.Cc1ccccc1N1[CH-]N(c2[c-]cccc2)c2ccccc21.Cc1ccccc1N1[CH-]N(c2[c-]cccc2)c2cccnc21.Cc1ccccc1N1[CH-]N(c2[c-]cccc2)c2nccnc21.[Ir].[Ir].[Ir].[Ir]. The molecule has 0 atom stereocenters. The molecule has 0 spiro atoms. The zero-order valence-electron chi connectivity index (χ0n) is 53.8. The van der Waals surface area contributed by atoms with E-state index in [0.717, 1.165) is 74.5 Å². The van der Waals surface area contributed by atoms with Gasteiger partial charge in [0.05, 0.1) is 11.4 Å². The summed E-state index contributed by atoms with van der Waals surface area (Å²) in [5, 5.41) is 0. The summed E-state index contributed by atoms with van der Waals surface area (Å²) in [6.45, 7) is 23.5. The van der Waals surface area contributed by atoms with Crippen LogP contribution in [0.15, 0.2) is 261 Å². The molecule has 12 aromatic rings. The van der Waals surface area contributed by atoms with Gasteiger partial charge in [-0.15, -0.1) is 55.5 Å². The Morgan fingerprint density at radius 1 is 0.271 bits per heavy atom. The third kappa shape index (κ3) is 15.3. The second-order valence-electron chi connectivity index (χ2n) is 23.4. The van der Waals surface area contributed by atoms with Crippen LogP contribution in [-0.2, 0) is 85.8 Å². The van der Waals surface area contributed by atoms with Crippen molar-refractivity contribution >= 4 is 91.5 Å². The van der Waals surface area contributed by atoms with Crippen LogP contribution >= 0.6 is 0 Å². The zero-order chi connectivity index (χ0) is 63.1. The Kier molecular flexibility index (Phi) is 24.2. The van der Waals surface area contributed by atoms with Gasteiger partial charge >= 0.3 is 0 Å². The molecule has 0 saturated carbocycles. The molecule has 0 saturated heterocycles. The van der Waals surface area contributed by atoms with Crippen LogP contribution in [0.5, 0.6) is 0 Å². The number of aryl methyl sites for hydroxylation is 4.